The van der Waals surface area contributed by atoms with Gasteiger partial charge in [-0.25, -0.2) is 0 Å². The van der Waals surface area contributed by atoms with Crippen molar-refractivity contribution >= 4 is 192 Å². The molecular formula is C82H121BBr2N7O5S7Si2. The molecule has 6 aromatic heterocycles. The fourth-order valence-electron chi connectivity index (χ4n) is 11.9. The molecule has 2 aromatic carbocycles. The van der Waals surface area contributed by atoms with Gasteiger partial charge >= 0.3 is 24.8 Å². The molecule has 1 saturated heterocycles. The molecule has 2 atom stereocenters. The maximum atomic E-state index is 14.8. The van der Waals surface area contributed by atoms with E-state index in [4.69, 9.17) is 26.3 Å². The zero-order chi connectivity index (χ0) is 76.2. The number of imide groups is 2. The normalized spacial score (nSPS) is 12.8. The molecule has 11 rings (SSSR count). The van der Waals surface area contributed by atoms with Gasteiger partial charge in [-0.3, -0.25) is 29.0 Å². The minimum absolute atomic E-state index is 0. The van der Waals surface area contributed by atoms with E-state index >= 15 is 0 Å². The summed E-state index contributed by atoms with van der Waals surface area (Å²) in [6, 6.07) is 16.3. The number of rotatable bonds is 24. The molecule has 0 N–H and O–H groups in total. The number of terminal acetylenes is 2. The van der Waals surface area contributed by atoms with Crippen LogP contribution in [0.3, 0.4) is 0 Å². The molecule has 2 unspecified atom stereocenters. The van der Waals surface area contributed by atoms with Crippen LogP contribution >= 0.6 is 113 Å². The largest absolute Gasteiger partial charge is 0 e. The number of aromatic nitrogens is 4. The van der Waals surface area contributed by atoms with Crippen molar-refractivity contribution in [3.63, 3.8) is 0 Å². The van der Waals surface area contributed by atoms with E-state index in [0.29, 0.717) is 55.4 Å². The van der Waals surface area contributed by atoms with E-state index in [1.807, 2.05) is 24.3 Å². The molecule has 24 heteroatoms. The number of thiophene rings is 4. The SMILES string of the molecule is C#CC#CC#CC#CC#CC(CCCCCCCC)CN1C(=O)c2c(c(-c3ccc(Br)s3)c3nsnc3c2-c2ccc(Br)s2)C1=O.C#CC#CC#CC#CC#CC(CCCCCCCC)CN1C(=O)c2c(c(-c3ccc([Si](C)(C)C)s3)c3nsnc3c2-c2ccc([Si](C)(C)C)s2)C1=O.C1CCOC1.[B]=NS.[HH].[HH].[HH].[HH].[HH].[HH].[HH].[HH].[HH].[HH].[HH].[HH].[HH].[HH].[HH].[HH].[HH].[HH].[HH].[HH].[HH].[HH]. The van der Waals surface area contributed by atoms with Crippen LogP contribution in [-0.2, 0) is 4.74 Å². The summed E-state index contributed by atoms with van der Waals surface area (Å²) in [6.45, 7) is 20.6. The smallest absolute Gasteiger partial charge is 0 e. The summed E-state index contributed by atoms with van der Waals surface area (Å²) in [5.41, 5.74) is 6.92. The summed E-state index contributed by atoms with van der Waals surface area (Å²) in [5.74, 6) is 46.1. The summed E-state index contributed by atoms with van der Waals surface area (Å²) in [7, 11) is 1.06. The fourth-order valence-corrected chi connectivity index (χ4v) is 21.8. The van der Waals surface area contributed by atoms with Gasteiger partial charge in [0.05, 0.1) is 69.4 Å². The molecule has 0 bridgehead atoms. The number of fused-ring (bicyclic) bond motifs is 4. The van der Waals surface area contributed by atoms with E-state index in [1.54, 1.807) is 22.7 Å². The Labute approximate surface area is 707 Å². The van der Waals surface area contributed by atoms with Crippen LogP contribution in [0.25, 0.3) is 63.8 Å². The Morgan fingerprint density at radius 2 is 0.764 bits per heavy atom. The van der Waals surface area contributed by atoms with Crippen LogP contribution in [0.1, 0.15) is 189 Å². The van der Waals surface area contributed by atoms with Gasteiger partial charge in [0.1, 0.15) is 22.1 Å². The molecule has 106 heavy (non-hydrogen) atoms. The van der Waals surface area contributed by atoms with Crippen LogP contribution in [0.2, 0.25) is 39.3 Å². The van der Waals surface area contributed by atoms with E-state index in [1.165, 1.54) is 92.8 Å². The van der Waals surface area contributed by atoms with E-state index in [-0.39, 0.29) is 79.9 Å². The number of benzene rings is 2. The molecule has 0 spiro atoms. The Morgan fingerprint density at radius 3 is 1.04 bits per heavy atom. The Balaban J connectivity index is -0.000000122. The predicted molar refractivity (Wildman–Crippen MR) is 507 cm³/mol. The molecule has 12 nitrogen and oxygen atoms in total. The third-order valence-electron chi connectivity index (χ3n) is 17.0. The minimum atomic E-state index is -1.64. The number of halogens is 2. The number of hydrogen-bond donors (Lipinski definition) is 1. The average molecular weight is 1740 g/mol. The Hall–Kier alpha value is -7.67. The Bertz CT molecular complexity index is 5090. The number of ether oxygens (including phenoxy) is 1. The van der Waals surface area contributed by atoms with Gasteiger partial charge in [0.15, 0.2) is 0 Å². The maximum Gasteiger partial charge on any atom is 0 e. The third-order valence-corrected chi connectivity index (χ3v) is 30.7. The quantitative estimate of drug-likeness (QED) is 0.0205. The van der Waals surface area contributed by atoms with Crippen molar-refractivity contribution in [3.05, 3.63) is 78.4 Å². The molecule has 4 amide bonds. The van der Waals surface area contributed by atoms with Crippen molar-refractivity contribution in [3.8, 4) is 161 Å². The number of thiol groups is 1. The van der Waals surface area contributed by atoms with Crippen molar-refractivity contribution in [2.45, 2.75) is 156 Å². The Kier molecular flexibility index (Phi) is 33.4. The summed E-state index contributed by atoms with van der Waals surface area (Å²) in [4.78, 5) is 64.6. The molecule has 0 aliphatic carbocycles. The number of carbonyl (C=O) groups excluding carboxylic acids is 4. The van der Waals surface area contributed by atoms with Gasteiger partial charge in [0.25, 0.3) is 23.6 Å². The van der Waals surface area contributed by atoms with Crippen LogP contribution in [0.4, 0.5) is 0 Å². The Morgan fingerprint density at radius 1 is 0.472 bits per heavy atom. The molecule has 1 fully saturated rings. The van der Waals surface area contributed by atoms with E-state index in [2.05, 4.69) is 249 Å². The van der Waals surface area contributed by atoms with Crippen LogP contribution < -0.4 is 9.00 Å². The zero-order valence-electron chi connectivity index (χ0n) is 60.5. The van der Waals surface area contributed by atoms with Gasteiger partial charge in [0.2, 0.25) is 0 Å². The molecule has 1 radical (unpaired) electrons. The van der Waals surface area contributed by atoms with Crippen molar-refractivity contribution < 1.29 is 55.3 Å². The molecule has 9 heterocycles. The summed E-state index contributed by atoms with van der Waals surface area (Å²) in [5, 5.41) is 0. The summed E-state index contributed by atoms with van der Waals surface area (Å²) < 4.78 is 31.0. The summed E-state index contributed by atoms with van der Waals surface area (Å²) >= 11 is 18.9. The molecule has 581 valence electrons. The molecule has 8 aromatic rings. The number of unbranched alkanes of at least 4 members (excludes halogenated alkanes) is 10. The van der Waals surface area contributed by atoms with Gasteiger partial charge in [-0.05, 0) is 198 Å². The van der Waals surface area contributed by atoms with Crippen molar-refractivity contribution in [1.82, 2.24) is 27.3 Å². The predicted octanol–water partition coefficient (Wildman–Crippen LogP) is 24.5. The minimum Gasteiger partial charge on any atom is 0 e. The van der Waals surface area contributed by atoms with E-state index in [0.717, 1.165) is 126 Å². The van der Waals surface area contributed by atoms with Crippen molar-refractivity contribution in [2.24, 2.45) is 16.1 Å². The number of hydrogen-bond acceptors (Lipinski definition) is 17. The maximum absolute atomic E-state index is 14.8. The van der Waals surface area contributed by atoms with Crippen LogP contribution in [0.5, 0.6) is 0 Å². The topological polar surface area (TPSA) is 148 Å². The van der Waals surface area contributed by atoms with Crippen LogP contribution in [0, 0.1) is 131 Å². The van der Waals surface area contributed by atoms with Gasteiger partial charge in [0, 0.05) is 111 Å². The van der Waals surface area contributed by atoms with E-state index < -0.39 is 16.1 Å². The van der Waals surface area contributed by atoms with Gasteiger partial charge in [-0.2, -0.15) is 17.5 Å². The fraction of sp³-hybridized carbons (Fsp3) is 0.366. The second-order valence-corrected chi connectivity index (χ2v) is 45.9. The summed E-state index contributed by atoms with van der Waals surface area (Å²) in [6.07, 6.45) is 27.8. The van der Waals surface area contributed by atoms with Crippen molar-refractivity contribution in [2.75, 3.05) is 26.3 Å². The first-order chi connectivity index (χ1) is 51.2. The number of carbonyl (C=O) groups is 4. The standard InChI is InChI=1S/C42H43N3O2S3Si2.C36H25Br2N3O2S3.C4H8O.BHNS.22H2/c1-9-11-13-15-17-18-20-22-24-30(23-21-19-16-14-12-10-2)29-45-41(46)37-35(31-25-27-33(48-31)51(3,4)5)39-40(44-50-43-39)36(38(37)42(45)47)32-26-28-34(49-32)52(6,7)8;1-3-5-7-9-11-12-14-16-18-24(17-15-13-10-8-6-4-2)23-41-35(42)31-29(25-19-21-27(37)44-25)33-34(40-46-39-33)30(32(31)36(41)43)26-20-22-28(38)45-26;1-2-4-5-3-1;1-2-3;;;;;;;;;;;;;;;;;;;;;;/h1,25-28,30H,10,12,14,16,19,21,23,29H2,2-8H3;1,19-22,24H,4,6,8,10,13,15,17,23H2,2H3;1-4H2;3H;22*1H. The number of amides is 4. The first-order valence-corrected chi connectivity index (χ1v) is 48.6. The molecule has 0 saturated carbocycles. The second-order valence-electron chi connectivity index (χ2n) is 26.7. The number of nitrogens with zero attached hydrogens (tertiary/aromatic N) is 7. The van der Waals surface area contributed by atoms with Crippen molar-refractivity contribution in [1.29, 1.82) is 0 Å². The van der Waals surface area contributed by atoms with Crippen LogP contribution in [0.15, 0.2) is 60.4 Å². The average Bonchev–Trinajstić information content (AvgIpc) is 1.55. The van der Waals surface area contributed by atoms with Gasteiger partial charge in [-0.15, -0.1) is 58.2 Å². The molecule has 3 aliphatic rings. The van der Waals surface area contributed by atoms with Gasteiger partial charge in [-0.1, -0.05) is 154 Å². The molecule has 3 aliphatic heterocycles. The van der Waals surface area contributed by atoms with Crippen LogP contribution in [-0.4, -0.2) is 101 Å². The second kappa shape index (κ2) is 42.2. The third kappa shape index (κ3) is 22.5. The first kappa shape index (κ1) is 84.0. The monoisotopic (exact) mass is 1730 g/mol. The van der Waals surface area contributed by atoms with Gasteiger partial charge < -0.3 is 4.74 Å². The zero-order valence-corrected chi connectivity index (χ0v) is 71.4. The molecular weight excluding hydrogens is 1610 g/mol. The first-order valence-electron chi connectivity index (χ1n) is 34.9. The van der Waals surface area contributed by atoms with E-state index in [9.17, 15) is 19.2 Å².